The standard InChI is InChI=1S/C13H25BrN4/c1-4-7-15-8-5-6-13-12(14)11-16-18(13)10-9-17(2)3/h11,15H,4-10H2,1-3H3. The maximum absolute atomic E-state index is 4.43. The monoisotopic (exact) mass is 316 g/mol. The van der Waals surface area contributed by atoms with E-state index in [0.29, 0.717) is 0 Å². The van der Waals surface area contributed by atoms with Gasteiger partial charge in [0.05, 0.1) is 22.9 Å². The van der Waals surface area contributed by atoms with E-state index in [-0.39, 0.29) is 0 Å². The first-order valence-electron chi connectivity index (χ1n) is 6.70. The van der Waals surface area contributed by atoms with Gasteiger partial charge in [0.15, 0.2) is 0 Å². The van der Waals surface area contributed by atoms with Crippen molar-refractivity contribution in [3.63, 3.8) is 0 Å². The van der Waals surface area contributed by atoms with Crippen LogP contribution in [0.3, 0.4) is 0 Å². The Hall–Kier alpha value is -0.390. The smallest absolute Gasteiger partial charge is 0.0635 e. The van der Waals surface area contributed by atoms with Crippen LogP contribution in [-0.2, 0) is 13.0 Å². The highest BCUT2D eigenvalue weighted by molar-refractivity contribution is 9.10. The SMILES string of the molecule is CCCNCCCc1c(Br)cnn1CCN(C)C. The van der Waals surface area contributed by atoms with Gasteiger partial charge < -0.3 is 10.2 Å². The zero-order chi connectivity index (χ0) is 13.4. The molecule has 0 saturated heterocycles. The average Bonchev–Trinajstić information content (AvgIpc) is 2.68. The zero-order valence-corrected chi connectivity index (χ0v) is 13.3. The summed E-state index contributed by atoms with van der Waals surface area (Å²) in [4.78, 5) is 2.18. The molecule has 0 saturated carbocycles. The maximum Gasteiger partial charge on any atom is 0.0635 e. The molecule has 18 heavy (non-hydrogen) atoms. The van der Waals surface area contributed by atoms with Gasteiger partial charge in [-0.2, -0.15) is 5.10 Å². The number of aromatic nitrogens is 2. The lowest BCUT2D eigenvalue weighted by atomic mass is 10.2. The minimum atomic E-state index is 0.955. The van der Waals surface area contributed by atoms with Crippen molar-refractivity contribution in [2.75, 3.05) is 33.7 Å². The van der Waals surface area contributed by atoms with Gasteiger partial charge in [-0.25, -0.2) is 0 Å². The summed E-state index contributed by atoms with van der Waals surface area (Å²) >= 11 is 3.59. The zero-order valence-electron chi connectivity index (χ0n) is 11.7. The van der Waals surface area contributed by atoms with Gasteiger partial charge in [0.25, 0.3) is 0 Å². The molecule has 0 aliphatic carbocycles. The van der Waals surface area contributed by atoms with Crippen LogP contribution in [0.5, 0.6) is 0 Å². The predicted molar refractivity (Wildman–Crippen MR) is 80.0 cm³/mol. The molecule has 1 aromatic heterocycles. The molecule has 4 nitrogen and oxygen atoms in total. The van der Waals surface area contributed by atoms with Crippen molar-refractivity contribution >= 4 is 15.9 Å². The molecule has 0 amide bonds. The molecule has 1 rings (SSSR count). The summed E-state index contributed by atoms with van der Waals surface area (Å²) in [5.41, 5.74) is 1.31. The molecular formula is C13H25BrN4. The summed E-state index contributed by atoms with van der Waals surface area (Å²) in [7, 11) is 4.18. The van der Waals surface area contributed by atoms with Gasteiger partial charge in [-0.15, -0.1) is 0 Å². The van der Waals surface area contributed by atoms with Crippen LogP contribution in [-0.4, -0.2) is 48.4 Å². The highest BCUT2D eigenvalue weighted by Crippen LogP contribution is 2.17. The molecule has 1 N–H and O–H groups in total. The van der Waals surface area contributed by atoms with Crippen molar-refractivity contribution in [2.45, 2.75) is 32.7 Å². The molecule has 1 heterocycles. The Bertz CT molecular complexity index is 336. The number of nitrogens with one attached hydrogen (secondary N) is 1. The molecular weight excluding hydrogens is 292 g/mol. The van der Waals surface area contributed by atoms with Gasteiger partial charge in [-0.1, -0.05) is 6.92 Å². The van der Waals surface area contributed by atoms with E-state index in [0.717, 1.165) is 43.5 Å². The Morgan fingerprint density at radius 2 is 2.17 bits per heavy atom. The highest BCUT2D eigenvalue weighted by atomic mass is 79.9. The molecule has 0 unspecified atom stereocenters. The van der Waals surface area contributed by atoms with Gasteiger partial charge >= 0.3 is 0 Å². The van der Waals surface area contributed by atoms with Crippen molar-refractivity contribution in [1.82, 2.24) is 20.0 Å². The average molecular weight is 317 g/mol. The Balaban J connectivity index is 2.40. The number of hydrogen-bond donors (Lipinski definition) is 1. The van der Waals surface area contributed by atoms with E-state index in [2.05, 4.69) is 56.9 Å². The van der Waals surface area contributed by atoms with Crippen LogP contribution >= 0.6 is 15.9 Å². The summed E-state index contributed by atoms with van der Waals surface area (Å²) in [5, 5.41) is 7.86. The predicted octanol–water partition coefficient (Wildman–Crippen LogP) is 2.14. The number of likely N-dealkylation sites (N-methyl/N-ethyl adjacent to an activating group) is 1. The molecule has 0 aliphatic rings. The summed E-state index contributed by atoms with van der Waals surface area (Å²) < 4.78 is 3.25. The Labute approximate surface area is 119 Å². The fraction of sp³-hybridized carbons (Fsp3) is 0.769. The molecule has 0 aromatic carbocycles. The van der Waals surface area contributed by atoms with Crippen LogP contribution in [0, 0.1) is 0 Å². The molecule has 104 valence electrons. The second-order valence-corrected chi connectivity index (χ2v) is 5.67. The second kappa shape index (κ2) is 8.67. The maximum atomic E-state index is 4.43. The summed E-state index contributed by atoms with van der Waals surface area (Å²) in [5.74, 6) is 0. The van der Waals surface area contributed by atoms with Crippen molar-refractivity contribution in [1.29, 1.82) is 0 Å². The second-order valence-electron chi connectivity index (χ2n) is 4.82. The molecule has 5 heteroatoms. The molecule has 0 fully saturated rings. The summed E-state index contributed by atoms with van der Waals surface area (Å²) in [6.07, 6.45) is 5.34. The van der Waals surface area contributed by atoms with Crippen LogP contribution in [0.25, 0.3) is 0 Å². The van der Waals surface area contributed by atoms with E-state index in [1.54, 1.807) is 0 Å². The number of rotatable bonds is 9. The largest absolute Gasteiger partial charge is 0.317 e. The third-order valence-electron chi connectivity index (χ3n) is 2.85. The quantitative estimate of drug-likeness (QED) is 0.709. The molecule has 0 aliphatic heterocycles. The summed E-state index contributed by atoms with van der Waals surface area (Å²) in [6.45, 7) is 6.37. The Kier molecular flexibility index (Phi) is 7.54. The van der Waals surface area contributed by atoms with E-state index in [1.165, 1.54) is 12.1 Å². The number of halogens is 1. The van der Waals surface area contributed by atoms with Crippen LogP contribution < -0.4 is 5.32 Å². The van der Waals surface area contributed by atoms with Crippen molar-refractivity contribution in [3.05, 3.63) is 16.4 Å². The van der Waals surface area contributed by atoms with Crippen molar-refractivity contribution < 1.29 is 0 Å². The minimum absolute atomic E-state index is 0.955. The molecule has 0 radical (unpaired) electrons. The number of hydrogen-bond acceptors (Lipinski definition) is 3. The molecule has 0 bridgehead atoms. The van der Waals surface area contributed by atoms with Crippen LogP contribution in [0.4, 0.5) is 0 Å². The van der Waals surface area contributed by atoms with E-state index < -0.39 is 0 Å². The van der Waals surface area contributed by atoms with Crippen LogP contribution in [0.2, 0.25) is 0 Å². The lowest BCUT2D eigenvalue weighted by molar-refractivity contribution is 0.369. The van der Waals surface area contributed by atoms with E-state index in [9.17, 15) is 0 Å². The Morgan fingerprint density at radius 1 is 1.39 bits per heavy atom. The van der Waals surface area contributed by atoms with Gasteiger partial charge in [0, 0.05) is 6.54 Å². The normalized spacial score (nSPS) is 11.4. The van der Waals surface area contributed by atoms with Crippen LogP contribution in [0.15, 0.2) is 10.7 Å². The number of nitrogens with zero attached hydrogens (tertiary/aromatic N) is 3. The van der Waals surface area contributed by atoms with Crippen molar-refractivity contribution in [3.8, 4) is 0 Å². The third-order valence-corrected chi connectivity index (χ3v) is 3.51. The first-order valence-corrected chi connectivity index (χ1v) is 7.50. The van der Waals surface area contributed by atoms with E-state index in [4.69, 9.17) is 0 Å². The van der Waals surface area contributed by atoms with Crippen molar-refractivity contribution in [2.24, 2.45) is 0 Å². The lowest BCUT2D eigenvalue weighted by Gasteiger charge is -2.12. The molecule has 0 spiro atoms. The first-order chi connectivity index (χ1) is 8.65. The minimum Gasteiger partial charge on any atom is -0.317 e. The topological polar surface area (TPSA) is 33.1 Å². The summed E-state index contributed by atoms with van der Waals surface area (Å²) in [6, 6.07) is 0. The fourth-order valence-corrected chi connectivity index (χ4v) is 2.30. The third kappa shape index (κ3) is 5.50. The van der Waals surface area contributed by atoms with Gasteiger partial charge in [0.1, 0.15) is 0 Å². The van der Waals surface area contributed by atoms with E-state index in [1.807, 2.05) is 6.20 Å². The van der Waals surface area contributed by atoms with Gasteiger partial charge in [-0.05, 0) is 62.4 Å². The van der Waals surface area contributed by atoms with Gasteiger partial charge in [-0.3, -0.25) is 4.68 Å². The first kappa shape index (κ1) is 15.7. The lowest BCUT2D eigenvalue weighted by Crippen LogP contribution is -2.21. The van der Waals surface area contributed by atoms with E-state index >= 15 is 0 Å². The molecule has 1 aromatic rings. The Morgan fingerprint density at radius 3 is 2.83 bits per heavy atom. The van der Waals surface area contributed by atoms with Crippen LogP contribution in [0.1, 0.15) is 25.5 Å². The van der Waals surface area contributed by atoms with Gasteiger partial charge in [0.2, 0.25) is 0 Å². The molecule has 0 atom stereocenters. The fourth-order valence-electron chi connectivity index (χ4n) is 1.81. The highest BCUT2D eigenvalue weighted by Gasteiger charge is 2.08.